The molecule has 5 N–H and O–H groups in total. The van der Waals surface area contributed by atoms with Gasteiger partial charge in [-0.05, 0) is 36.4 Å². The zero-order chi connectivity index (χ0) is 14.7. The molecule has 20 heavy (non-hydrogen) atoms. The molecule has 0 aliphatic carbocycles. The summed E-state index contributed by atoms with van der Waals surface area (Å²) in [6, 6.07) is 12.2. The number of hydrogen-bond acceptors (Lipinski definition) is 4. The van der Waals surface area contributed by atoms with Crippen LogP contribution in [0, 0.1) is 11.3 Å². The van der Waals surface area contributed by atoms with E-state index >= 15 is 0 Å². The lowest BCUT2D eigenvalue weighted by Crippen LogP contribution is -2.13. The Morgan fingerprint density at radius 3 is 2.65 bits per heavy atom. The van der Waals surface area contributed by atoms with Crippen molar-refractivity contribution in [1.82, 2.24) is 0 Å². The lowest BCUT2D eigenvalue weighted by atomic mass is 10.1. The van der Waals surface area contributed by atoms with Crippen molar-refractivity contribution in [2.45, 2.75) is 0 Å². The van der Waals surface area contributed by atoms with Gasteiger partial charge in [0.1, 0.15) is 6.07 Å². The van der Waals surface area contributed by atoms with Gasteiger partial charge in [-0.25, -0.2) is 0 Å². The van der Waals surface area contributed by atoms with Crippen molar-refractivity contribution < 1.29 is 4.79 Å². The molecule has 0 fully saturated rings. The predicted octanol–water partition coefficient (Wildman–Crippen LogP) is 2.75. The van der Waals surface area contributed by atoms with E-state index < -0.39 is 5.91 Å². The molecule has 0 aromatic heterocycles. The van der Waals surface area contributed by atoms with Crippen molar-refractivity contribution in [3.63, 3.8) is 0 Å². The molecule has 0 unspecified atom stereocenters. The SMILES string of the molecule is N#Cc1ccc(Br)cc1Nc1ccc(N)c(C(N)=O)c1. The molecular formula is C14H11BrN4O. The summed E-state index contributed by atoms with van der Waals surface area (Å²) in [6.45, 7) is 0. The zero-order valence-corrected chi connectivity index (χ0v) is 11.9. The van der Waals surface area contributed by atoms with E-state index in [1.165, 1.54) is 0 Å². The van der Waals surface area contributed by atoms with Gasteiger partial charge in [-0.1, -0.05) is 15.9 Å². The number of carbonyl (C=O) groups is 1. The summed E-state index contributed by atoms with van der Waals surface area (Å²) < 4.78 is 0.838. The van der Waals surface area contributed by atoms with Crippen LogP contribution in [0.4, 0.5) is 17.1 Å². The number of rotatable bonds is 3. The molecule has 0 saturated heterocycles. The number of benzene rings is 2. The van der Waals surface area contributed by atoms with Crippen molar-refractivity contribution in [3.05, 3.63) is 52.0 Å². The van der Waals surface area contributed by atoms with Gasteiger partial charge in [0.25, 0.3) is 5.91 Å². The highest BCUT2D eigenvalue weighted by Gasteiger charge is 2.08. The smallest absolute Gasteiger partial charge is 0.250 e. The summed E-state index contributed by atoms with van der Waals surface area (Å²) in [4.78, 5) is 11.3. The maximum atomic E-state index is 11.3. The quantitative estimate of drug-likeness (QED) is 0.752. The zero-order valence-electron chi connectivity index (χ0n) is 10.4. The molecule has 0 radical (unpaired) electrons. The first-order valence-corrected chi connectivity index (χ1v) is 6.46. The third-order valence-corrected chi connectivity index (χ3v) is 3.19. The van der Waals surface area contributed by atoms with E-state index in [0.717, 1.165) is 4.47 Å². The molecule has 2 rings (SSSR count). The first-order chi connectivity index (χ1) is 9.51. The Morgan fingerprint density at radius 2 is 2.00 bits per heavy atom. The Balaban J connectivity index is 2.40. The molecule has 2 aromatic carbocycles. The molecule has 0 saturated carbocycles. The molecule has 6 heteroatoms. The van der Waals surface area contributed by atoms with Crippen LogP contribution in [-0.4, -0.2) is 5.91 Å². The normalized spacial score (nSPS) is 9.80. The molecule has 100 valence electrons. The summed E-state index contributed by atoms with van der Waals surface area (Å²) in [5, 5.41) is 12.1. The molecule has 0 atom stereocenters. The number of nitrogens with two attached hydrogens (primary N) is 2. The number of hydrogen-bond donors (Lipinski definition) is 3. The van der Waals surface area contributed by atoms with Crippen molar-refractivity contribution >= 4 is 38.9 Å². The van der Waals surface area contributed by atoms with Gasteiger partial charge in [0.05, 0.1) is 16.8 Å². The Bertz CT molecular complexity index is 722. The van der Waals surface area contributed by atoms with Gasteiger partial charge >= 0.3 is 0 Å². The number of nitrogens with zero attached hydrogens (tertiary/aromatic N) is 1. The second-order valence-corrected chi connectivity index (χ2v) is 5.01. The Labute approximate surface area is 124 Å². The van der Waals surface area contributed by atoms with Crippen LogP contribution < -0.4 is 16.8 Å². The summed E-state index contributed by atoms with van der Waals surface area (Å²) in [5.74, 6) is -0.596. The minimum absolute atomic E-state index is 0.239. The van der Waals surface area contributed by atoms with E-state index in [1.54, 1.807) is 36.4 Å². The maximum absolute atomic E-state index is 11.3. The summed E-state index contributed by atoms with van der Waals surface area (Å²) in [5.41, 5.74) is 13.2. The fourth-order valence-corrected chi connectivity index (χ4v) is 2.08. The van der Waals surface area contributed by atoms with Crippen LogP contribution in [0.15, 0.2) is 40.9 Å². The van der Waals surface area contributed by atoms with Crippen LogP contribution in [0.3, 0.4) is 0 Å². The largest absolute Gasteiger partial charge is 0.398 e. The van der Waals surface area contributed by atoms with E-state index in [-0.39, 0.29) is 5.56 Å². The van der Waals surface area contributed by atoms with E-state index in [4.69, 9.17) is 16.7 Å². The highest BCUT2D eigenvalue weighted by molar-refractivity contribution is 9.10. The summed E-state index contributed by atoms with van der Waals surface area (Å²) >= 11 is 3.34. The van der Waals surface area contributed by atoms with Crippen LogP contribution in [0.25, 0.3) is 0 Å². The van der Waals surface area contributed by atoms with Gasteiger partial charge in [-0.3, -0.25) is 4.79 Å². The molecule has 0 spiro atoms. The number of anilines is 3. The van der Waals surface area contributed by atoms with Crippen LogP contribution in [0.2, 0.25) is 0 Å². The van der Waals surface area contributed by atoms with Gasteiger partial charge in [-0.15, -0.1) is 0 Å². The molecular weight excluding hydrogens is 320 g/mol. The number of primary amides is 1. The van der Waals surface area contributed by atoms with Gasteiger partial charge in [0.15, 0.2) is 0 Å². The standard InChI is InChI=1S/C14H11BrN4O/c15-9-2-1-8(7-16)13(5-9)19-10-3-4-12(17)11(6-10)14(18)20/h1-6,19H,17H2,(H2,18,20). The van der Waals surface area contributed by atoms with Gasteiger partial charge in [-0.2, -0.15) is 5.26 Å². The Kier molecular flexibility index (Phi) is 3.91. The highest BCUT2D eigenvalue weighted by Crippen LogP contribution is 2.26. The second-order valence-electron chi connectivity index (χ2n) is 4.09. The van der Waals surface area contributed by atoms with Gasteiger partial charge < -0.3 is 16.8 Å². The van der Waals surface area contributed by atoms with Crippen molar-refractivity contribution in [2.24, 2.45) is 5.73 Å². The topological polar surface area (TPSA) is 105 Å². The average molecular weight is 331 g/mol. The van der Waals surface area contributed by atoms with Gasteiger partial charge in [0.2, 0.25) is 0 Å². The molecule has 5 nitrogen and oxygen atoms in total. The lowest BCUT2D eigenvalue weighted by Gasteiger charge is -2.10. The number of nitrogens with one attached hydrogen (secondary N) is 1. The molecule has 2 aromatic rings. The summed E-state index contributed by atoms with van der Waals surface area (Å²) in [6.07, 6.45) is 0. The van der Waals surface area contributed by atoms with E-state index in [2.05, 4.69) is 27.3 Å². The number of halogens is 1. The lowest BCUT2D eigenvalue weighted by molar-refractivity contribution is 0.100. The van der Waals surface area contributed by atoms with Crippen molar-refractivity contribution in [3.8, 4) is 6.07 Å². The molecule has 0 aliphatic rings. The van der Waals surface area contributed by atoms with Crippen LogP contribution in [0.5, 0.6) is 0 Å². The average Bonchev–Trinajstić information content (AvgIpc) is 2.41. The first-order valence-electron chi connectivity index (χ1n) is 5.67. The number of nitrogen functional groups attached to an aromatic ring is 1. The van der Waals surface area contributed by atoms with E-state index in [9.17, 15) is 4.79 Å². The minimum Gasteiger partial charge on any atom is -0.398 e. The number of carbonyl (C=O) groups excluding carboxylic acids is 1. The first kappa shape index (κ1) is 13.9. The highest BCUT2D eigenvalue weighted by atomic mass is 79.9. The molecule has 1 amide bonds. The van der Waals surface area contributed by atoms with Crippen LogP contribution >= 0.6 is 15.9 Å². The fourth-order valence-electron chi connectivity index (χ4n) is 1.72. The minimum atomic E-state index is -0.596. The predicted molar refractivity (Wildman–Crippen MR) is 81.5 cm³/mol. The number of nitriles is 1. The monoisotopic (exact) mass is 330 g/mol. The van der Waals surface area contributed by atoms with E-state index in [1.807, 2.05) is 0 Å². The number of amides is 1. The van der Waals surface area contributed by atoms with Crippen molar-refractivity contribution in [2.75, 3.05) is 11.1 Å². The second kappa shape index (κ2) is 5.63. The van der Waals surface area contributed by atoms with Crippen molar-refractivity contribution in [1.29, 1.82) is 5.26 Å². The maximum Gasteiger partial charge on any atom is 0.250 e. The van der Waals surface area contributed by atoms with Gasteiger partial charge in [0, 0.05) is 15.8 Å². The third kappa shape index (κ3) is 2.90. The molecule has 0 aliphatic heterocycles. The van der Waals surface area contributed by atoms with Crippen LogP contribution in [-0.2, 0) is 0 Å². The Hall–Kier alpha value is -2.52. The van der Waals surface area contributed by atoms with E-state index in [0.29, 0.717) is 22.6 Å². The fraction of sp³-hybridized carbons (Fsp3) is 0. The summed E-state index contributed by atoms with van der Waals surface area (Å²) in [7, 11) is 0. The molecule has 0 heterocycles. The molecule has 0 bridgehead atoms. The van der Waals surface area contributed by atoms with Crippen LogP contribution in [0.1, 0.15) is 15.9 Å². The third-order valence-electron chi connectivity index (χ3n) is 2.70. The Morgan fingerprint density at radius 1 is 1.25 bits per heavy atom.